The summed E-state index contributed by atoms with van der Waals surface area (Å²) in [5.74, 6) is 0.0839. The number of nitrogens with two attached hydrogens (primary N) is 1. The second-order valence-electron chi connectivity index (χ2n) is 9.44. The highest BCUT2D eigenvalue weighted by Gasteiger charge is 2.34. The van der Waals surface area contributed by atoms with Gasteiger partial charge in [0.2, 0.25) is 5.95 Å². The molecule has 0 saturated carbocycles. The molecule has 11 heteroatoms. The summed E-state index contributed by atoms with van der Waals surface area (Å²) in [6, 6.07) is 2.74. The Labute approximate surface area is 216 Å². The van der Waals surface area contributed by atoms with Crippen LogP contribution in [0.25, 0.3) is 32.2 Å². The van der Waals surface area contributed by atoms with Crippen LogP contribution in [-0.2, 0) is 18.0 Å². The second-order valence-corrected chi connectivity index (χ2v) is 10.9. The van der Waals surface area contributed by atoms with Crippen LogP contribution in [0.1, 0.15) is 30.0 Å². The van der Waals surface area contributed by atoms with E-state index in [1.807, 2.05) is 6.20 Å². The summed E-state index contributed by atoms with van der Waals surface area (Å²) in [5, 5.41) is 11.6. The van der Waals surface area contributed by atoms with Gasteiger partial charge < -0.3 is 20.3 Å². The predicted octanol–water partition coefficient (Wildman–Crippen LogP) is 4.71. The van der Waals surface area contributed by atoms with Crippen molar-refractivity contribution in [2.45, 2.75) is 38.6 Å². The number of likely N-dealkylation sites (N-methyl/N-ethyl adjacent to an activating group) is 1. The molecule has 1 fully saturated rings. The van der Waals surface area contributed by atoms with Crippen LogP contribution in [0.3, 0.4) is 0 Å². The number of aromatic nitrogens is 3. The Kier molecular flexibility index (Phi) is 5.50. The van der Waals surface area contributed by atoms with Crippen molar-refractivity contribution in [3.8, 4) is 17.3 Å². The molecular formula is C25H23ClFN7OS. The third kappa shape index (κ3) is 3.27. The van der Waals surface area contributed by atoms with Crippen LogP contribution < -0.4 is 10.6 Å². The summed E-state index contributed by atoms with van der Waals surface area (Å²) in [6.07, 6.45) is 3.98. The van der Waals surface area contributed by atoms with Gasteiger partial charge in [0.25, 0.3) is 0 Å². The first-order valence-electron chi connectivity index (χ1n) is 11.6. The number of halogens is 2. The van der Waals surface area contributed by atoms with Crippen molar-refractivity contribution in [3.05, 3.63) is 39.9 Å². The van der Waals surface area contributed by atoms with Crippen LogP contribution in [0.4, 0.5) is 15.3 Å². The van der Waals surface area contributed by atoms with Gasteiger partial charge in [0, 0.05) is 41.2 Å². The molecular weight excluding hydrogens is 501 g/mol. The van der Waals surface area contributed by atoms with Crippen molar-refractivity contribution in [2.24, 2.45) is 0 Å². The zero-order valence-electron chi connectivity index (χ0n) is 20.0. The molecule has 0 spiro atoms. The van der Waals surface area contributed by atoms with Gasteiger partial charge >= 0.3 is 0 Å². The number of nitrogens with zero attached hydrogens (tertiary/aromatic N) is 6. The average Bonchev–Trinajstić information content (AvgIpc) is 3.57. The molecule has 1 saturated heterocycles. The first-order valence-corrected chi connectivity index (χ1v) is 12.8. The molecule has 36 heavy (non-hydrogen) atoms. The lowest BCUT2D eigenvalue weighted by atomic mass is 9.94. The van der Waals surface area contributed by atoms with E-state index in [2.05, 4.69) is 41.9 Å². The van der Waals surface area contributed by atoms with Crippen LogP contribution in [-0.4, -0.2) is 52.6 Å². The molecule has 2 atom stereocenters. The van der Waals surface area contributed by atoms with Crippen LogP contribution in [0.2, 0.25) is 5.02 Å². The van der Waals surface area contributed by atoms with Crippen molar-refractivity contribution < 1.29 is 9.13 Å². The molecule has 2 aliphatic rings. The molecule has 2 aliphatic heterocycles. The number of benzene rings is 1. The van der Waals surface area contributed by atoms with Gasteiger partial charge in [-0.15, -0.1) is 11.3 Å². The first kappa shape index (κ1) is 23.3. The number of fused-ring (bicyclic) bond motifs is 4. The summed E-state index contributed by atoms with van der Waals surface area (Å²) in [5.41, 5.74) is 9.64. The van der Waals surface area contributed by atoms with Gasteiger partial charge in [0.1, 0.15) is 11.1 Å². The van der Waals surface area contributed by atoms with Gasteiger partial charge in [-0.25, -0.2) is 14.4 Å². The van der Waals surface area contributed by atoms with Crippen molar-refractivity contribution in [1.29, 1.82) is 5.26 Å². The molecule has 3 aromatic heterocycles. The number of nitrogen functional groups attached to an aromatic ring is 1. The van der Waals surface area contributed by atoms with E-state index in [4.69, 9.17) is 32.0 Å². The van der Waals surface area contributed by atoms with Crippen LogP contribution in [0.5, 0.6) is 0 Å². The van der Waals surface area contributed by atoms with Crippen molar-refractivity contribution >= 4 is 54.9 Å². The van der Waals surface area contributed by atoms with E-state index in [0.29, 0.717) is 52.4 Å². The average molecular weight is 524 g/mol. The SMILES string of the molecule is C[C@H]1[C@@H](N(C)C)CCN1c1ncc2c3c(c(-c4ncc(F)c5sc(N)c(C#N)c45)c(Cl)c2n1)COC3. The lowest BCUT2D eigenvalue weighted by Crippen LogP contribution is -2.40. The zero-order valence-corrected chi connectivity index (χ0v) is 21.5. The number of anilines is 2. The van der Waals surface area contributed by atoms with Gasteiger partial charge in [0.15, 0.2) is 5.82 Å². The molecule has 0 aliphatic carbocycles. The van der Waals surface area contributed by atoms with Gasteiger partial charge in [-0.05, 0) is 38.6 Å². The molecule has 6 rings (SSSR count). The Balaban J connectivity index is 1.61. The highest BCUT2D eigenvalue weighted by molar-refractivity contribution is 7.23. The lowest BCUT2D eigenvalue weighted by molar-refractivity contribution is 0.135. The lowest BCUT2D eigenvalue weighted by Gasteiger charge is -2.28. The number of hydrogen-bond acceptors (Lipinski definition) is 9. The summed E-state index contributed by atoms with van der Waals surface area (Å²) in [7, 11) is 4.17. The molecule has 0 amide bonds. The Hall–Kier alpha value is -3.10. The van der Waals surface area contributed by atoms with Crippen molar-refractivity contribution in [3.63, 3.8) is 0 Å². The highest BCUT2D eigenvalue weighted by Crippen LogP contribution is 2.47. The molecule has 0 unspecified atom stereocenters. The highest BCUT2D eigenvalue weighted by atomic mass is 35.5. The minimum atomic E-state index is -0.528. The standard InChI is InChI=1S/C25H23ClFN7OS/c1-11-17(33(2)3)4-5-34(11)25-31-7-13-14-9-35-10-15(14)18(20(26)21(13)32-25)22-19-12(6-28)24(29)36-23(19)16(27)8-30-22/h7-8,11,17H,4-5,9-10,29H2,1-3H3/t11-,17-/m0/s1. The molecule has 1 aromatic carbocycles. The maximum Gasteiger partial charge on any atom is 0.226 e. The molecule has 0 radical (unpaired) electrons. The van der Waals surface area contributed by atoms with Gasteiger partial charge in [-0.1, -0.05) is 11.6 Å². The zero-order chi connectivity index (χ0) is 25.3. The maximum atomic E-state index is 14.7. The molecule has 5 heterocycles. The van der Waals surface area contributed by atoms with Gasteiger partial charge in [-0.2, -0.15) is 5.26 Å². The third-order valence-electron chi connectivity index (χ3n) is 7.37. The second kappa shape index (κ2) is 8.49. The van der Waals surface area contributed by atoms with E-state index in [1.54, 1.807) is 0 Å². The third-order valence-corrected chi connectivity index (χ3v) is 8.76. The van der Waals surface area contributed by atoms with E-state index in [-0.39, 0.29) is 21.3 Å². The number of pyridine rings is 1. The van der Waals surface area contributed by atoms with Crippen LogP contribution in [0.15, 0.2) is 12.4 Å². The Morgan fingerprint density at radius 3 is 2.78 bits per heavy atom. The monoisotopic (exact) mass is 523 g/mol. The summed E-state index contributed by atoms with van der Waals surface area (Å²) < 4.78 is 20.8. The first-order chi connectivity index (χ1) is 17.3. The number of hydrogen-bond donors (Lipinski definition) is 1. The largest absolute Gasteiger partial charge is 0.389 e. The quantitative estimate of drug-likeness (QED) is 0.411. The fourth-order valence-electron chi connectivity index (χ4n) is 5.57. The Morgan fingerprint density at radius 2 is 2.06 bits per heavy atom. The van der Waals surface area contributed by atoms with Gasteiger partial charge in [0.05, 0.1) is 45.9 Å². The number of nitriles is 1. The molecule has 4 aromatic rings. The number of rotatable bonds is 3. The number of thiophene rings is 1. The topological polar surface area (TPSA) is 104 Å². The van der Waals surface area contributed by atoms with Crippen molar-refractivity contribution in [1.82, 2.24) is 19.9 Å². The van der Waals surface area contributed by atoms with E-state index in [1.165, 1.54) is 0 Å². The van der Waals surface area contributed by atoms with E-state index < -0.39 is 5.82 Å². The van der Waals surface area contributed by atoms with Crippen molar-refractivity contribution in [2.75, 3.05) is 31.3 Å². The Morgan fingerprint density at radius 1 is 1.28 bits per heavy atom. The summed E-state index contributed by atoms with van der Waals surface area (Å²) in [4.78, 5) is 18.5. The normalized spacial score (nSPS) is 19.5. The van der Waals surface area contributed by atoms with Crippen LogP contribution in [0, 0.1) is 17.1 Å². The minimum absolute atomic E-state index is 0.199. The number of ether oxygens (including phenoxy) is 1. The summed E-state index contributed by atoms with van der Waals surface area (Å²) in [6.45, 7) is 3.72. The van der Waals surface area contributed by atoms with Crippen LogP contribution >= 0.6 is 22.9 Å². The minimum Gasteiger partial charge on any atom is -0.389 e. The summed E-state index contributed by atoms with van der Waals surface area (Å²) >= 11 is 8.11. The fourth-order valence-corrected chi connectivity index (χ4v) is 6.84. The van der Waals surface area contributed by atoms with E-state index >= 15 is 0 Å². The predicted molar refractivity (Wildman–Crippen MR) is 140 cm³/mol. The molecule has 0 bridgehead atoms. The molecule has 184 valence electrons. The fraction of sp³-hybridized carbons (Fsp3) is 0.360. The van der Waals surface area contributed by atoms with E-state index in [9.17, 15) is 9.65 Å². The smallest absolute Gasteiger partial charge is 0.226 e. The van der Waals surface area contributed by atoms with Gasteiger partial charge in [-0.3, -0.25) is 4.98 Å². The van der Waals surface area contributed by atoms with E-state index in [0.717, 1.165) is 47.0 Å². The Bertz CT molecular complexity index is 1600. The maximum absolute atomic E-state index is 14.7. The molecule has 2 N–H and O–H groups in total. The molecule has 8 nitrogen and oxygen atoms in total.